The van der Waals surface area contributed by atoms with Crippen LogP contribution in [0, 0.1) is 5.92 Å². The maximum atomic E-state index is 15.6. The summed E-state index contributed by atoms with van der Waals surface area (Å²) in [5.74, 6) is -0.675. The van der Waals surface area contributed by atoms with Crippen LogP contribution in [-0.4, -0.2) is 96.7 Å². The third kappa shape index (κ3) is 5.75. The zero-order chi connectivity index (χ0) is 33.5. The van der Waals surface area contributed by atoms with Gasteiger partial charge in [-0.3, -0.25) is 18.2 Å². The lowest BCUT2D eigenvalue weighted by molar-refractivity contribution is -0.0611. The molecule has 4 aromatic heterocycles. The number of nitrogens with zero attached hydrogens (tertiary/aromatic N) is 8. The zero-order valence-corrected chi connectivity index (χ0v) is 27.3. The second-order valence-corrected chi connectivity index (χ2v) is 16.5. The van der Waals surface area contributed by atoms with E-state index < -0.39 is 74.7 Å². The van der Waals surface area contributed by atoms with Crippen LogP contribution in [0.3, 0.4) is 0 Å². The van der Waals surface area contributed by atoms with Gasteiger partial charge in [0.05, 0.1) is 25.2 Å². The van der Waals surface area contributed by atoms with Crippen LogP contribution in [0.5, 0.6) is 0 Å². The SMILES string of the molecule is C=C[C@@H]1[C@H](F)[C@@H](COP(O)(=S)O[C@H]2[C@@H](O)[C@H](n3cnc4c(N)ncnc43)OC23C[C@H]3OP(=O)(O)S)O[C@H]1n1cnc2c(N)ncnc21. The first-order valence-corrected chi connectivity index (χ1v) is 19.1. The van der Waals surface area contributed by atoms with Crippen LogP contribution in [0.2, 0.25) is 0 Å². The van der Waals surface area contributed by atoms with E-state index in [0.29, 0.717) is 11.2 Å². The largest absolute Gasteiger partial charge is 0.386 e. The van der Waals surface area contributed by atoms with E-state index in [1.807, 2.05) is 0 Å². The van der Waals surface area contributed by atoms with Crippen LogP contribution in [0.1, 0.15) is 18.9 Å². The first kappa shape index (κ1) is 32.8. The second-order valence-electron chi connectivity index (χ2n) is 11.0. The van der Waals surface area contributed by atoms with E-state index in [9.17, 15) is 19.5 Å². The number of aromatic nitrogens is 8. The Kier molecular flexibility index (Phi) is 8.17. The number of ether oxygens (including phenoxy) is 2. The number of halogens is 1. The van der Waals surface area contributed by atoms with Crippen molar-refractivity contribution < 1.29 is 46.9 Å². The van der Waals surface area contributed by atoms with Gasteiger partial charge in [-0.25, -0.2) is 38.9 Å². The minimum atomic E-state index is -4.33. The number of alkyl halides is 1. The fraction of sp³-hybridized carbons (Fsp3) is 0.478. The van der Waals surface area contributed by atoms with Crippen molar-refractivity contribution in [3.63, 3.8) is 0 Å². The van der Waals surface area contributed by atoms with Gasteiger partial charge >= 0.3 is 13.5 Å². The molecule has 11 atom stereocenters. The standard InChI is InChI=1S/C23H27FN10O9P2S2/c1-2-9-12(24)10(40-21(9)33-7-31-13-17(25)27-5-29-19(13)33)4-39-45(38,47)43-16-15(35)22(41-23(16)3-11(23)42-44(36,37)46)34-8-32-14-18(26)28-6-30-20(14)34/h2,5-12,15-16,21-22,35H,1,3-4H2,(H,38,47)(H2,25,27,29)(H2,26,28,30)(H2,36,37,46)/t9-,10-,11-,12+,15-,16+,21-,22-,23?,45?/m1/s1. The topological polar surface area (TPSA) is 263 Å². The smallest absolute Gasteiger partial charge is 0.383 e. The summed E-state index contributed by atoms with van der Waals surface area (Å²) in [7, 11) is 0. The van der Waals surface area contributed by atoms with E-state index in [1.54, 1.807) is 0 Å². The number of nitrogens with two attached hydrogens (primary N) is 2. The summed E-state index contributed by atoms with van der Waals surface area (Å²) in [6.07, 6.45) is -2.84. The van der Waals surface area contributed by atoms with Crippen molar-refractivity contribution >= 4 is 71.5 Å². The number of fused-ring (bicyclic) bond motifs is 2. The molecule has 2 saturated heterocycles. The normalized spacial score (nSPS) is 34.6. The van der Waals surface area contributed by atoms with E-state index in [4.69, 9.17) is 46.3 Å². The molecule has 252 valence electrons. The molecule has 1 spiro atoms. The molecule has 2 aliphatic heterocycles. The summed E-state index contributed by atoms with van der Waals surface area (Å²) >= 11 is 8.83. The van der Waals surface area contributed by atoms with Crippen LogP contribution in [0.15, 0.2) is 38.0 Å². The fourth-order valence-corrected chi connectivity index (χ4v) is 8.33. The molecule has 19 nitrogen and oxygen atoms in total. The minimum Gasteiger partial charge on any atom is -0.386 e. The van der Waals surface area contributed by atoms with Crippen molar-refractivity contribution in [1.29, 1.82) is 0 Å². The van der Waals surface area contributed by atoms with Gasteiger partial charge in [0.25, 0.3) is 0 Å². The number of nitrogen functional groups attached to an aromatic ring is 2. The van der Waals surface area contributed by atoms with Gasteiger partial charge in [0, 0.05) is 6.42 Å². The first-order valence-electron chi connectivity index (χ1n) is 13.8. The fourth-order valence-electron chi connectivity index (χ4n) is 5.95. The lowest BCUT2D eigenvalue weighted by atomic mass is 10.0. The maximum Gasteiger partial charge on any atom is 0.383 e. The highest BCUT2D eigenvalue weighted by atomic mass is 32.7. The van der Waals surface area contributed by atoms with Gasteiger partial charge in [0.2, 0.25) is 0 Å². The van der Waals surface area contributed by atoms with Gasteiger partial charge in [-0.2, -0.15) is 0 Å². The number of hydrogen-bond acceptors (Lipinski definition) is 16. The highest BCUT2D eigenvalue weighted by Crippen LogP contribution is 2.64. The van der Waals surface area contributed by atoms with E-state index in [0.717, 1.165) is 0 Å². The molecule has 3 unspecified atom stereocenters. The highest BCUT2D eigenvalue weighted by Gasteiger charge is 2.73. The van der Waals surface area contributed by atoms with Gasteiger partial charge < -0.3 is 40.4 Å². The number of thiol groups is 1. The van der Waals surface area contributed by atoms with Crippen molar-refractivity contribution in [2.24, 2.45) is 5.92 Å². The van der Waals surface area contributed by atoms with E-state index in [1.165, 1.54) is 40.5 Å². The Labute approximate surface area is 274 Å². The van der Waals surface area contributed by atoms with Crippen molar-refractivity contribution in [3.8, 4) is 0 Å². The molecule has 1 aliphatic carbocycles. The van der Waals surface area contributed by atoms with E-state index in [-0.39, 0.29) is 29.2 Å². The summed E-state index contributed by atoms with van der Waals surface area (Å²) in [6, 6.07) is 0. The van der Waals surface area contributed by atoms with Gasteiger partial charge in [-0.05, 0) is 11.8 Å². The number of anilines is 2. The molecule has 1 saturated carbocycles. The van der Waals surface area contributed by atoms with Crippen molar-refractivity contribution in [1.82, 2.24) is 39.0 Å². The Balaban J connectivity index is 1.10. The number of aliphatic hydroxyl groups is 1. The van der Waals surface area contributed by atoms with Crippen LogP contribution >= 0.6 is 25.8 Å². The second kappa shape index (κ2) is 11.7. The lowest BCUT2D eigenvalue weighted by Crippen LogP contribution is -2.37. The zero-order valence-electron chi connectivity index (χ0n) is 23.8. The molecule has 7 N–H and O–H groups in total. The lowest BCUT2D eigenvalue weighted by Gasteiger charge is -2.26. The Bertz CT molecular complexity index is 1970. The van der Waals surface area contributed by atoms with Crippen molar-refractivity contribution in [2.75, 3.05) is 18.1 Å². The van der Waals surface area contributed by atoms with Crippen LogP contribution < -0.4 is 11.5 Å². The average molecular weight is 733 g/mol. The van der Waals surface area contributed by atoms with Gasteiger partial charge in [0.1, 0.15) is 66.1 Å². The first-order chi connectivity index (χ1) is 22.2. The molecule has 24 heteroatoms. The summed E-state index contributed by atoms with van der Waals surface area (Å²) in [5, 5.41) is 11.4. The van der Waals surface area contributed by atoms with Crippen molar-refractivity contribution in [2.45, 2.75) is 55.1 Å². The Morgan fingerprint density at radius 3 is 2.26 bits per heavy atom. The van der Waals surface area contributed by atoms with Gasteiger partial charge in [0.15, 0.2) is 29.2 Å². The van der Waals surface area contributed by atoms with Crippen LogP contribution in [0.4, 0.5) is 16.0 Å². The maximum absolute atomic E-state index is 15.6. The molecule has 4 aromatic rings. The van der Waals surface area contributed by atoms with Crippen LogP contribution in [0.25, 0.3) is 22.3 Å². The molecule has 3 fully saturated rings. The molecule has 6 heterocycles. The Hall–Kier alpha value is -2.72. The molecule has 47 heavy (non-hydrogen) atoms. The molecule has 0 bridgehead atoms. The minimum absolute atomic E-state index is 0.0522. The number of imidazole rings is 2. The van der Waals surface area contributed by atoms with Crippen LogP contribution in [-0.2, 0) is 39.4 Å². The number of aliphatic hydroxyl groups excluding tert-OH is 1. The van der Waals surface area contributed by atoms with Crippen molar-refractivity contribution in [3.05, 3.63) is 38.0 Å². The Morgan fingerprint density at radius 1 is 1.09 bits per heavy atom. The van der Waals surface area contributed by atoms with E-state index in [2.05, 4.69) is 48.7 Å². The number of hydrogen-bond donors (Lipinski definition) is 6. The van der Waals surface area contributed by atoms with E-state index >= 15 is 4.39 Å². The molecular formula is C23H27FN10O9P2S2. The predicted molar refractivity (Wildman–Crippen MR) is 166 cm³/mol. The monoisotopic (exact) mass is 732 g/mol. The summed E-state index contributed by atoms with van der Waals surface area (Å²) in [6.45, 7) is -5.47. The molecular weight excluding hydrogens is 705 g/mol. The average Bonchev–Trinajstić information content (AvgIpc) is 3.40. The Morgan fingerprint density at radius 2 is 1.68 bits per heavy atom. The quantitative estimate of drug-likeness (QED) is 0.0752. The molecule has 0 amide bonds. The highest BCUT2D eigenvalue weighted by molar-refractivity contribution is 8.44. The summed E-state index contributed by atoms with van der Waals surface area (Å²) < 4.78 is 59.0. The van der Waals surface area contributed by atoms with Gasteiger partial charge in [-0.1, -0.05) is 18.3 Å². The number of rotatable bonds is 10. The summed E-state index contributed by atoms with van der Waals surface area (Å²) in [5.41, 5.74) is 11.2. The molecule has 3 aliphatic rings. The third-order valence-electron chi connectivity index (χ3n) is 8.19. The molecule has 0 radical (unpaired) electrons. The molecule has 0 aromatic carbocycles. The summed E-state index contributed by atoms with van der Waals surface area (Å²) in [4.78, 5) is 45.4. The predicted octanol–water partition coefficient (Wildman–Crippen LogP) is 0.934. The van der Waals surface area contributed by atoms with Gasteiger partial charge in [-0.15, -0.1) is 6.58 Å². The molecule has 7 rings (SSSR count). The third-order valence-corrected chi connectivity index (χ3v) is 10.5.